The van der Waals surface area contributed by atoms with Crippen molar-refractivity contribution < 1.29 is 28.7 Å². The lowest BCUT2D eigenvalue weighted by molar-refractivity contribution is -0.143. The zero-order valence-electron chi connectivity index (χ0n) is 24.7. The van der Waals surface area contributed by atoms with Crippen LogP contribution >= 0.6 is 11.6 Å². The number of rotatable bonds is 7. The molecule has 0 aromatic heterocycles. The van der Waals surface area contributed by atoms with Crippen LogP contribution in [0.25, 0.3) is 0 Å². The molecule has 3 saturated heterocycles. The number of likely N-dealkylation sites (tertiary alicyclic amines) is 2. The molecule has 2 atom stereocenters. The molecule has 10 nitrogen and oxygen atoms in total. The van der Waals surface area contributed by atoms with E-state index in [4.69, 9.17) is 21.1 Å². The molecule has 44 heavy (non-hydrogen) atoms. The maximum atomic E-state index is 13.6. The number of benzene rings is 2. The number of nitrogens with one attached hydrogen (secondary N) is 1. The number of hydrogen-bond donors (Lipinski definition) is 1. The van der Waals surface area contributed by atoms with Gasteiger partial charge in [-0.2, -0.15) is 0 Å². The van der Waals surface area contributed by atoms with E-state index in [1.807, 2.05) is 29.2 Å². The van der Waals surface area contributed by atoms with Crippen LogP contribution in [0.1, 0.15) is 72.0 Å². The molecule has 4 amide bonds. The number of fused-ring (bicyclic) bond motifs is 3. The second kappa shape index (κ2) is 11.8. The fourth-order valence-electron chi connectivity index (χ4n) is 7.62. The summed E-state index contributed by atoms with van der Waals surface area (Å²) in [6.07, 6.45) is 4.69. The molecular weight excluding hydrogens is 584 g/mol. The monoisotopic (exact) mass is 620 g/mol. The first-order chi connectivity index (χ1) is 21.3. The van der Waals surface area contributed by atoms with E-state index in [9.17, 15) is 19.2 Å². The van der Waals surface area contributed by atoms with E-state index >= 15 is 0 Å². The van der Waals surface area contributed by atoms with E-state index in [0.29, 0.717) is 44.0 Å². The van der Waals surface area contributed by atoms with E-state index in [2.05, 4.69) is 10.2 Å². The van der Waals surface area contributed by atoms with Gasteiger partial charge in [-0.3, -0.25) is 29.4 Å². The highest BCUT2D eigenvalue weighted by Crippen LogP contribution is 2.45. The number of halogens is 1. The normalized spacial score (nSPS) is 24.5. The number of carbonyl (C=O) groups excluding carboxylic acids is 4. The van der Waals surface area contributed by atoms with Crippen molar-refractivity contribution in [3.05, 3.63) is 63.7 Å². The van der Waals surface area contributed by atoms with Crippen LogP contribution in [0.15, 0.2) is 36.4 Å². The minimum atomic E-state index is -0.657. The van der Waals surface area contributed by atoms with E-state index < -0.39 is 11.9 Å². The molecule has 2 aromatic rings. The minimum absolute atomic E-state index is 0.115. The fraction of sp³-hybridized carbons (Fsp3) is 0.515. The summed E-state index contributed by atoms with van der Waals surface area (Å²) in [5.41, 5.74) is 3.34. The number of hydrogen-bond acceptors (Lipinski definition) is 7. The number of nitrogens with zero attached hydrogens (tertiary/aromatic N) is 3. The Bertz CT molecular complexity index is 1510. The van der Waals surface area contributed by atoms with Gasteiger partial charge in [-0.15, -0.1) is 0 Å². The molecule has 2 aromatic carbocycles. The first-order valence-electron chi connectivity index (χ1n) is 15.7. The third-order valence-corrected chi connectivity index (χ3v) is 10.2. The summed E-state index contributed by atoms with van der Waals surface area (Å²) < 4.78 is 12.5. The number of imide groups is 1. The molecule has 5 aliphatic heterocycles. The van der Waals surface area contributed by atoms with Crippen LogP contribution < -0.4 is 10.1 Å². The van der Waals surface area contributed by atoms with Gasteiger partial charge in [-0.05, 0) is 80.5 Å². The lowest BCUT2D eigenvalue weighted by Gasteiger charge is -2.41. The molecule has 3 fully saturated rings. The molecule has 0 radical (unpaired) electrons. The van der Waals surface area contributed by atoms with Crippen molar-refractivity contribution in [1.82, 2.24) is 20.0 Å². The number of ether oxygens (including phenoxy) is 2. The number of piperidine rings is 2. The highest BCUT2D eigenvalue weighted by molar-refractivity contribution is 6.30. The van der Waals surface area contributed by atoms with Crippen LogP contribution in [0.2, 0.25) is 5.02 Å². The average molecular weight is 621 g/mol. The van der Waals surface area contributed by atoms with Crippen molar-refractivity contribution >= 4 is 35.2 Å². The van der Waals surface area contributed by atoms with Crippen LogP contribution in [0, 0.1) is 0 Å². The third-order valence-electron chi connectivity index (χ3n) is 9.98. The Labute approximate surface area is 261 Å². The van der Waals surface area contributed by atoms with Crippen molar-refractivity contribution in [2.24, 2.45) is 0 Å². The largest absolute Gasteiger partial charge is 0.493 e. The molecule has 7 rings (SSSR count). The molecular formula is C33H37ClN4O6. The highest BCUT2D eigenvalue weighted by Gasteiger charge is 2.45. The van der Waals surface area contributed by atoms with Crippen LogP contribution in [-0.2, 0) is 37.9 Å². The Morgan fingerprint density at radius 3 is 2.75 bits per heavy atom. The molecule has 5 aliphatic rings. The van der Waals surface area contributed by atoms with E-state index in [1.54, 1.807) is 12.1 Å². The summed E-state index contributed by atoms with van der Waals surface area (Å²) in [7, 11) is 0. The van der Waals surface area contributed by atoms with Gasteiger partial charge in [0.1, 0.15) is 11.8 Å². The topological polar surface area (TPSA) is 108 Å². The SMILES string of the molecule is O=C1CCC(N2Cc3c(OCCCN4CCC[C@H]4C(=O)N4CCC5(CC4)OCc4ccc(Cl)cc45)cccc3C2=O)C(=O)N1. The van der Waals surface area contributed by atoms with Crippen molar-refractivity contribution in [3.63, 3.8) is 0 Å². The second-order valence-electron chi connectivity index (χ2n) is 12.5. The Hall–Kier alpha value is -3.47. The van der Waals surface area contributed by atoms with Gasteiger partial charge < -0.3 is 19.3 Å². The van der Waals surface area contributed by atoms with Gasteiger partial charge in [0.2, 0.25) is 17.7 Å². The molecule has 11 heteroatoms. The lowest BCUT2D eigenvalue weighted by atomic mass is 9.83. The van der Waals surface area contributed by atoms with Crippen molar-refractivity contribution in [3.8, 4) is 5.75 Å². The fourth-order valence-corrected chi connectivity index (χ4v) is 7.79. The molecule has 5 heterocycles. The molecule has 1 unspecified atom stereocenters. The van der Waals surface area contributed by atoms with Gasteiger partial charge in [-0.25, -0.2) is 0 Å². The van der Waals surface area contributed by atoms with Crippen LogP contribution in [0.3, 0.4) is 0 Å². The van der Waals surface area contributed by atoms with Crippen molar-refractivity contribution in [1.29, 1.82) is 0 Å². The Kier molecular flexibility index (Phi) is 7.84. The average Bonchev–Trinajstić information content (AvgIpc) is 3.72. The van der Waals surface area contributed by atoms with Crippen molar-refractivity contribution in [2.45, 2.75) is 75.8 Å². The molecule has 1 spiro atoms. The third kappa shape index (κ3) is 5.26. The molecule has 0 saturated carbocycles. The van der Waals surface area contributed by atoms with Gasteiger partial charge in [-0.1, -0.05) is 23.7 Å². The Balaban J connectivity index is 0.915. The van der Waals surface area contributed by atoms with Gasteiger partial charge in [0.15, 0.2) is 0 Å². The summed E-state index contributed by atoms with van der Waals surface area (Å²) in [5.74, 6) is -0.101. The maximum Gasteiger partial charge on any atom is 0.255 e. The van der Waals surface area contributed by atoms with Gasteiger partial charge in [0.05, 0.1) is 31.4 Å². The second-order valence-corrected chi connectivity index (χ2v) is 12.9. The zero-order chi connectivity index (χ0) is 30.4. The van der Waals surface area contributed by atoms with E-state index in [0.717, 1.165) is 55.8 Å². The van der Waals surface area contributed by atoms with Gasteiger partial charge in [0, 0.05) is 42.2 Å². The molecule has 232 valence electrons. The Morgan fingerprint density at radius 1 is 1.09 bits per heavy atom. The molecule has 0 aliphatic carbocycles. The number of amides is 4. The lowest BCUT2D eigenvalue weighted by Crippen LogP contribution is -2.52. The van der Waals surface area contributed by atoms with Gasteiger partial charge in [0.25, 0.3) is 5.91 Å². The van der Waals surface area contributed by atoms with Crippen LogP contribution in [0.4, 0.5) is 0 Å². The maximum absolute atomic E-state index is 13.6. The summed E-state index contributed by atoms with van der Waals surface area (Å²) in [6.45, 7) is 4.31. The zero-order valence-corrected chi connectivity index (χ0v) is 25.4. The summed E-state index contributed by atoms with van der Waals surface area (Å²) >= 11 is 6.30. The first-order valence-corrected chi connectivity index (χ1v) is 16.1. The predicted octanol–water partition coefficient (Wildman–Crippen LogP) is 3.38. The van der Waals surface area contributed by atoms with Crippen LogP contribution in [-0.4, -0.2) is 83.2 Å². The van der Waals surface area contributed by atoms with Crippen molar-refractivity contribution in [2.75, 3.05) is 32.8 Å². The molecule has 1 N–H and O–H groups in total. The minimum Gasteiger partial charge on any atom is -0.493 e. The molecule has 0 bridgehead atoms. The highest BCUT2D eigenvalue weighted by atomic mass is 35.5. The standard InChI is InChI=1S/C33H37ClN4O6/c34-22-8-7-21-20-44-33(25(21)18-22)11-15-37(16-12-33)32(42)27-5-2-13-36(27)14-3-17-43-28-6-1-4-23-24(28)19-38(31(23)41)26-9-10-29(39)35-30(26)40/h1,4,6-8,18,26-27H,2-3,5,9-17,19-20H2,(H,35,39,40)/t26?,27-/m0/s1. The summed E-state index contributed by atoms with van der Waals surface area (Å²) in [6, 6.07) is 10.6. The first kappa shape index (κ1) is 29.3. The Morgan fingerprint density at radius 2 is 1.93 bits per heavy atom. The van der Waals surface area contributed by atoms with E-state index in [-0.39, 0.29) is 42.3 Å². The summed E-state index contributed by atoms with van der Waals surface area (Å²) in [5, 5.41) is 3.06. The number of carbonyl (C=O) groups is 4. The van der Waals surface area contributed by atoms with Crippen LogP contribution in [0.5, 0.6) is 5.75 Å². The smallest absolute Gasteiger partial charge is 0.255 e. The quantitative estimate of drug-likeness (QED) is 0.373. The summed E-state index contributed by atoms with van der Waals surface area (Å²) in [4.78, 5) is 56.5. The van der Waals surface area contributed by atoms with Gasteiger partial charge >= 0.3 is 0 Å². The van der Waals surface area contributed by atoms with E-state index in [1.165, 1.54) is 16.0 Å². The predicted molar refractivity (Wildman–Crippen MR) is 161 cm³/mol.